The lowest BCUT2D eigenvalue weighted by Crippen LogP contribution is -2.53. The molecule has 0 atom stereocenters. The Kier molecular flexibility index (Phi) is 4.51. The SMILES string of the molecule is COc1ccc2c(c1)N(C(C)C)C(=O)N(c1ccc(Br)cc1)S2(=O)=O. The van der Waals surface area contributed by atoms with Gasteiger partial charge in [0.05, 0.1) is 18.5 Å². The fourth-order valence-corrected chi connectivity index (χ4v) is 4.57. The molecule has 0 aromatic heterocycles. The standard InChI is InChI=1S/C17H17BrN2O4S/c1-11(2)19-15-10-14(24-3)8-9-16(15)25(22,23)20(17(19)21)13-6-4-12(18)5-7-13/h4-11H,1-3H3. The Morgan fingerprint density at radius 3 is 2.28 bits per heavy atom. The molecule has 0 bridgehead atoms. The van der Waals surface area contributed by atoms with Gasteiger partial charge in [0.2, 0.25) is 0 Å². The van der Waals surface area contributed by atoms with E-state index >= 15 is 0 Å². The molecule has 6 nitrogen and oxygen atoms in total. The first-order chi connectivity index (χ1) is 11.8. The molecule has 0 radical (unpaired) electrons. The summed E-state index contributed by atoms with van der Waals surface area (Å²) in [6.07, 6.45) is 0. The maximum atomic E-state index is 13.1. The highest BCUT2D eigenvalue weighted by molar-refractivity contribution is 9.10. The minimum atomic E-state index is -4.02. The summed E-state index contributed by atoms with van der Waals surface area (Å²) in [4.78, 5) is 14.6. The van der Waals surface area contributed by atoms with Crippen molar-refractivity contribution in [3.63, 3.8) is 0 Å². The number of anilines is 2. The number of carbonyl (C=O) groups excluding carboxylic acids is 1. The number of ether oxygens (including phenoxy) is 1. The van der Waals surface area contributed by atoms with E-state index in [0.717, 1.165) is 8.78 Å². The van der Waals surface area contributed by atoms with E-state index in [1.807, 2.05) is 13.8 Å². The van der Waals surface area contributed by atoms with Crippen molar-refractivity contribution in [2.45, 2.75) is 24.8 Å². The molecule has 0 saturated carbocycles. The second kappa shape index (κ2) is 6.34. The van der Waals surface area contributed by atoms with Crippen LogP contribution in [0.25, 0.3) is 0 Å². The third-order valence-corrected chi connectivity index (χ3v) is 6.18. The van der Waals surface area contributed by atoms with Crippen molar-refractivity contribution in [3.8, 4) is 5.75 Å². The summed E-state index contributed by atoms with van der Waals surface area (Å²) in [5.74, 6) is 0.490. The number of sulfonamides is 1. The van der Waals surface area contributed by atoms with Crippen LogP contribution in [0.2, 0.25) is 0 Å². The summed E-state index contributed by atoms with van der Waals surface area (Å²) >= 11 is 3.31. The molecule has 0 unspecified atom stereocenters. The summed E-state index contributed by atoms with van der Waals surface area (Å²) in [5, 5.41) is 0. The maximum Gasteiger partial charge on any atom is 0.343 e. The summed E-state index contributed by atoms with van der Waals surface area (Å²) in [6, 6.07) is 10.3. The number of amides is 2. The third kappa shape index (κ3) is 2.89. The predicted octanol–water partition coefficient (Wildman–Crippen LogP) is 4.00. The largest absolute Gasteiger partial charge is 0.497 e. The van der Waals surface area contributed by atoms with Crippen LogP contribution in [0.3, 0.4) is 0 Å². The van der Waals surface area contributed by atoms with Gasteiger partial charge in [0.1, 0.15) is 10.6 Å². The van der Waals surface area contributed by atoms with Crippen molar-refractivity contribution in [2.24, 2.45) is 0 Å². The number of halogens is 1. The van der Waals surface area contributed by atoms with E-state index in [4.69, 9.17) is 4.74 Å². The highest BCUT2D eigenvalue weighted by Gasteiger charge is 2.43. The number of hydrogen-bond donors (Lipinski definition) is 0. The monoisotopic (exact) mass is 424 g/mol. The molecule has 132 valence electrons. The normalized spacial score (nSPS) is 16.1. The van der Waals surface area contributed by atoms with Crippen LogP contribution in [-0.4, -0.2) is 27.6 Å². The number of nitrogens with zero attached hydrogens (tertiary/aromatic N) is 2. The summed E-state index contributed by atoms with van der Waals surface area (Å²) < 4.78 is 33.0. The molecule has 8 heteroatoms. The molecule has 1 aliphatic rings. The molecule has 1 aliphatic heterocycles. The highest BCUT2D eigenvalue weighted by atomic mass is 79.9. The zero-order valence-corrected chi connectivity index (χ0v) is 16.3. The Hall–Kier alpha value is -2.06. The van der Waals surface area contributed by atoms with Gasteiger partial charge in [0.25, 0.3) is 10.0 Å². The van der Waals surface area contributed by atoms with Crippen molar-refractivity contribution < 1.29 is 17.9 Å². The lowest BCUT2D eigenvalue weighted by atomic mass is 10.2. The van der Waals surface area contributed by atoms with Gasteiger partial charge in [-0.25, -0.2) is 13.2 Å². The van der Waals surface area contributed by atoms with Gasteiger partial charge in [-0.15, -0.1) is 0 Å². The van der Waals surface area contributed by atoms with E-state index < -0.39 is 16.1 Å². The van der Waals surface area contributed by atoms with E-state index in [1.165, 1.54) is 18.1 Å². The molecular formula is C17H17BrN2O4S. The number of carbonyl (C=O) groups is 1. The lowest BCUT2D eigenvalue weighted by Gasteiger charge is -2.38. The number of urea groups is 1. The zero-order chi connectivity index (χ0) is 18.4. The highest BCUT2D eigenvalue weighted by Crippen LogP contribution is 2.40. The molecule has 2 aromatic rings. The van der Waals surface area contributed by atoms with Crippen LogP contribution in [0.1, 0.15) is 13.8 Å². The molecule has 0 N–H and O–H groups in total. The van der Waals surface area contributed by atoms with E-state index in [2.05, 4.69) is 15.9 Å². The topological polar surface area (TPSA) is 66.9 Å². The van der Waals surface area contributed by atoms with E-state index in [-0.39, 0.29) is 10.9 Å². The predicted molar refractivity (Wildman–Crippen MR) is 99.8 cm³/mol. The molecule has 1 heterocycles. The molecule has 3 rings (SSSR count). The van der Waals surface area contributed by atoms with Crippen LogP contribution in [-0.2, 0) is 10.0 Å². The first-order valence-electron chi connectivity index (χ1n) is 7.59. The number of benzene rings is 2. The Balaban J connectivity index is 2.26. The van der Waals surface area contributed by atoms with Crippen LogP contribution < -0.4 is 13.9 Å². The smallest absolute Gasteiger partial charge is 0.343 e. The average molecular weight is 425 g/mol. The fourth-order valence-electron chi connectivity index (χ4n) is 2.76. The number of hydrogen-bond acceptors (Lipinski definition) is 4. The number of fused-ring (bicyclic) bond motifs is 1. The van der Waals surface area contributed by atoms with Crippen LogP contribution in [0.4, 0.5) is 16.2 Å². The first kappa shape index (κ1) is 17.8. The molecule has 2 aromatic carbocycles. The maximum absolute atomic E-state index is 13.1. The average Bonchev–Trinajstić information content (AvgIpc) is 2.55. The van der Waals surface area contributed by atoms with Crippen LogP contribution in [0, 0.1) is 0 Å². The Morgan fingerprint density at radius 1 is 1.08 bits per heavy atom. The summed E-state index contributed by atoms with van der Waals surface area (Å²) in [6.45, 7) is 3.66. The minimum absolute atomic E-state index is 0.0736. The van der Waals surface area contributed by atoms with Gasteiger partial charge in [-0.05, 0) is 50.2 Å². The van der Waals surface area contributed by atoms with Gasteiger partial charge >= 0.3 is 6.03 Å². The Bertz CT molecular complexity index is 926. The summed E-state index contributed by atoms with van der Waals surface area (Å²) in [5.41, 5.74) is 0.619. The zero-order valence-electron chi connectivity index (χ0n) is 13.9. The number of methoxy groups -OCH3 is 1. The van der Waals surface area contributed by atoms with Crippen molar-refractivity contribution in [1.29, 1.82) is 0 Å². The molecule has 0 spiro atoms. The van der Waals surface area contributed by atoms with Crippen molar-refractivity contribution in [2.75, 3.05) is 16.3 Å². The van der Waals surface area contributed by atoms with Gasteiger partial charge < -0.3 is 4.74 Å². The molecule has 25 heavy (non-hydrogen) atoms. The molecule has 0 aliphatic carbocycles. The molecular weight excluding hydrogens is 408 g/mol. The van der Waals surface area contributed by atoms with Crippen LogP contribution >= 0.6 is 15.9 Å². The Labute approximate surface area is 155 Å². The van der Waals surface area contributed by atoms with Crippen molar-refractivity contribution in [3.05, 3.63) is 46.9 Å². The van der Waals surface area contributed by atoms with Crippen LogP contribution in [0.15, 0.2) is 51.8 Å². The second-order valence-electron chi connectivity index (χ2n) is 5.83. The molecule has 2 amide bonds. The molecule has 0 saturated heterocycles. The van der Waals surface area contributed by atoms with E-state index in [9.17, 15) is 13.2 Å². The first-order valence-corrected chi connectivity index (χ1v) is 9.83. The van der Waals surface area contributed by atoms with Gasteiger partial charge in [0, 0.05) is 16.6 Å². The van der Waals surface area contributed by atoms with Gasteiger partial charge in [-0.3, -0.25) is 4.90 Å². The lowest BCUT2D eigenvalue weighted by molar-refractivity contribution is 0.252. The van der Waals surface area contributed by atoms with Crippen molar-refractivity contribution in [1.82, 2.24) is 0 Å². The van der Waals surface area contributed by atoms with Crippen LogP contribution in [0.5, 0.6) is 5.75 Å². The van der Waals surface area contributed by atoms with E-state index in [1.54, 1.807) is 36.4 Å². The van der Waals surface area contributed by atoms with Gasteiger partial charge in [0.15, 0.2) is 0 Å². The minimum Gasteiger partial charge on any atom is -0.497 e. The summed E-state index contributed by atoms with van der Waals surface area (Å²) in [7, 11) is -2.52. The van der Waals surface area contributed by atoms with E-state index in [0.29, 0.717) is 17.1 Å². The molecule has 0 fully saturated rings. The second-order valence-corrected chi connectivity index (χ2v) is 8.50. The third-order valence-electron chi connectivity index (χ3n) is 3.90. The van der Waals surface area contributed by atoms with Gasteiger partial charge in [-0.2, -0.15) is 4.31 Å². The fraction of sp³-hybridized carbons (Fsp3) is 0.235. The quantitative estimate of drug-likeness (QED) is 0.746. The van der Waals surface area contributed by atoms with Crippen molar-refractivity contribution >= 4 is 43.4 Å². The number of rotatable bonds is 3. The Morgan fingerprint density at radius 2 is 1.72 bits per heavy atom. The van der Waals surface area contributed by atoms with Gasteiger partial charge in [-0.1, -0.05) is 15.9 Å².